The van der Waals surface area contributed by atoms with E-state index in [0.717, 1.165) is 43.0 Å². The van der Waals surface area contributed by atoms with E-state index in [2.05, 4.69) is 61.4 Å². The normalized spacial score (nSPS) is 17.4. The summed E-state index contributed by atoms with van der Waals surface area (Å²) < 4.78 is 8.01. The lowest BCUT2D eigenvalue weighted by Crippen LogP contribution is -2.49. The predicted octanol–water partition coefficient (Wildman–Crippen LogP) is 3.64. The molecule has 0 unspecified atom stereocenters. The van der Waals surface area contributed by atoms with Gasteiger partial charge in [0.25, 0.3) is 0 Å². The number of hydrogen-bond donors (Lipinski definition) is 0. The summed E-state index contributed by atoms with van der Waals surface area (Å²) in [5.74, 6) is 0.210. The Morgan fingerprint density at radius 1 is 1.19 bits per heavy atom. The lowest BCUT2D eigenvalue weighted by Gasteiger charge is -2.37. The first-order valence-electron chi connectivity index (χ1n) is 9.46. The van der Waals surface area contributed by atoms with Crippen LogP contribution < -0.4 is 0 Å². The van der Waals surface area contributed by atoms with Crippen molar-refractivity contribution >= 4 is 5.78 Å². The fourth-order valence-electron chi connectivity index (χ4n) is 3.85. The van der Waals surface area contributed by atoms with Gasteiger partial charge in [-0.05, 0) is 45.7 Å². The molecule has 0 radical (unpaired) electrons. The second kappa shape index (κ2) is 7.77. The number of morpholine rings is 1. The van der Waals surface area contributed by atoms with Gasteiger partial charge in [0.2, 0.25) is 0 Å². The maximum atomic E-state index is 12.9. The summed E-state index contributed by atoms with van der Waals surface area (Å²) in [7, 11) is 0. The zero-order valence-corrected chi connectivity index (χ0v) is 16.4. The van der Waals surface area contributed by atoms with Crippen molar-refractivity contribution in [3.8, 4) is 0 Å². The molecule has 2 aromatic rings. The quantitative estimate of drug-likeness (QED) is 0.743. The van der Waals surface area contributed by atoms with Gasteiger partial charge in [-0.1, -0.05) is 30.3 Å². The highest BCUT2D eigenvalue weighted by molar-refractivity contribution is 5.99. The van der Waals surface area contributed by atoms with Crippen molar-refractivity contribution in [2.24, 2.45) is 0 Å². The van der Waals surface area contributed by atoms with Crippen LogP contribution >= 0.6 is 0 Å². The molecular formula is C22H30N2O2. The zero-order chi connectivity index (χ0) is 18.7. The summed E-state index contributed by atoms with van der Waals surface area (Å²) in [6, 6.07) is 12.5. The average molecular weight is 354 g/mol. The number of aromatic nitrogens is 1. The van der Waals surface area contributed by atoms with Gasteiger partial charge in [0.05, 0.1) is 18.8 Å². The number of carbonyl (C=O) groups is 1. The van der Waals surface area contributed by atoms with Crippen LogP contribution in [0.5, 0.6) is 0 Å². The molecule has 2 heterocycles. The van der Waals surface area contributed by atoms with Crippen LogP contribution in [0.2, 0.25) is 0 Å². The molecule has 1 fully saturated rings. The smallest absolute Gasteiger partial charge is 0.178 e. The van der Waals surface area contributed by atoms with Crippen molar-refractivity contribution < 1.29 is 9.53 Å². The average Bonchev–Trinajstić information content (AvgIpc) is 2.87. The van der Waals surface area contributed by atoms with Gasteiger partial charge in [-0.25, -0.2) is 0 Å². The molecule has 0 aliphatic carbocycles. The molecule has 3 rings (SSSR count). The van der Waals surface area contributed by atoms with Crippen LogP contribution in [0, 0.1) is 13.8 Å². The lowest BCUT2D eigenvalue weighted by molar-refractivity contribution is -0.0833. The number of rotatable bonds is 6. The number of ketones is 1. The van der Waals surface area contributed by atoms with Gasteiger partial charge in [-0.15, -0.1) is 0 Å². The Morgan fingerprint density at radius 2 is 1.92 bits per heavy atom. The zero-order valence-electron chi connectivity index (χ0n) is 16.4. The summed E-state index contributed by atoms with van der Waals surface area (Å²) in [5, 5.41) is 0. The third-order valence-corrected chi connectivity index (χ3v) is 5.21. The maximum absolute atomic E-state index is 12.9. The van der Waals surface area contributed by atoms with E-state index in [1.165, 1.54) is 5.56 Å². The Kier molecular flexibility index (Phi) is 5.64. The minimum atomic E-state index is -0.175. The largest absolute Gasteiger partial charge is 0.373 e. The second-order valence-corrected chi connectivity index (χ2v) is 7.91. The number of carbonyl (C=O) groups excluding carboxylic acids is 1. The number of aryl methyl sites for hydroxylation is 2. The van der Waals surface area contributed by atoms with Crippen LogP contribution in [-0.4, -0.2) is 47.1 Å². The Balaban J connectivity index is 1.67. The minimum absolute atomic E-state index is 0.175. The first kappa shape index (κ1) is 18.9. The molecule has 140 valence electrons. The monoisotopic (exact) mass is 354 g/mol. The topological polar surface area (TPSA) is 34.5 Å². The molecule has 0 atom stereocenters. The van der Waals surface area contributed by atoms with E-state index >= 15 is 0 Å². The minimum Gasteiger partial charge on any atom is -0.373 e. The Labute approximate surface area is 156 Å². The van der Waals surface area contributed by atoms with Crippen LogP contribution in [0.4, 0.5) is 0 Å². The molecule has 1 saturated heterocycles. The van der Waals surface area contributed by atoms with E-state index in [9.17, 15) is 4.79 Å². The molecule has 4 heteroatoms. The standard InChI is InChI=1S/C22H30N2O2/c1-17-14-20(21(25)15-23-12-13-26-22(3,4)16-23)18(2)24(17)11-10-19-8-6-5-7-9-19/h5-9,14H,10-13,15-16H2,1-4H3. The molecule has 1 aliphatic heterocycles. The van der Waals surface area contributed by atoms with Crippen LogP contribution in [-0.2, 0) is 17.7 Å². The molecule has 1 aromatic heterocycles. The van der Waals surface area contributed by atoms with Crippen molar-refractivity contribution in [2.75, 3.05) is 26.2 Å². The third kappa shape index (κ3) is 4.43. The van der Waals surface area contributed by atoms with E-state index in [-0.39, 0.29) is 11.4 Å². The number of nitrogens with zero attached hydrogens (tertiary/aromatic N) is 2. The van der Waals surface area contributed by atoms with Gasteiger partial charge in [0.15, 0.2) is 5.78 Å². The van der Waals surface area contributed by atoms with E-state index in [1.807, 2.05) is 12.1 Å². The van der Waals surface area contributed by atoms with Crippen LogP contribution in [0.25, 0.3) is 0 Å². The van der Waals surface area contributed by atoms with Crippen LogP contribution in [0.3, 0.4) is 0 Å². The first-order chi connectivity index (χ1) is 12.4. The van der Waals surface area contributed by atoms with E-state index < -0.39 is 0 Å². The fourth-order valence-corrected chi connectivity index (χ4v) is 3.85. The van der Waals surface area contributed by atoms with E-state index in [0.29, 0.717) is 13.2 Å². The third-order valence-electron chi connectivity index (χ3n) is 5.21. The molecule has 0 N–H and O–H groups in total. The predicted molar refractivity (Wildman–Crippen MR) is 105 cm³/mol. The SMILES string of the molecule is Cc1cc(C(=O)CN2CCOC(C)(C)C2)c(C)n1CCc1ccccc1. The van der Waals surface area contributed by atoms with Gasteiger partial charge < -0.3 is 9.30 Å². The molecule has 4 nitrogen and oxygen atoms in total. The van der Waals surface area contributed by atoms with Crippen LogP contribution in [0.15, 0.2) is 36.4 Å². The van der Waals surface area contributed by atoms with Crippen molar-refractivity contribution in [1.29, 1.82) is 0 Å². The number of hydrogen-bond acceptors (Lipinski definition) is 3. The molecule has 26 heavy (non-hydrogen) atoms. The van der Waals surface area contributed by atoms with Crippen molar-refractivity contribution in [1.82, 2.24) is 9.47 Å². The van der Waals surface area contributed by atoms with Gasteiger partial charge in [-0.2, -0.15) is 0 Å². The van der Waals surface area contributed by atoms with Crippen molar-refractivity contribution in [2.45, 2.75) is 46.3 Å². The summed E-state index contributed by atoms with van der Waals surface area (Å²) >= 11 is 0. The summed E-state index contributed by atoms with van der Waals surface area (Å²) in [4.78, 5) is 15.1. The highest BCUT2D eigenvalue weighted by Gasteiger charge is 2.29. The van der Waals surface area contributed by atoms with Gasteiger partial charge in [-0.3, -0.25) is 9.69 Å². The number of ether oxygens (including phenoxy) is 1. The molecule has 0 spiro atoms. The Bertz CT molecular complexity index is 762. The lowest BCUT2D eigenvalue weighted by atomic mass is 10.1. The highest BCUT2D eigenvalue weighted by atomic mass is 16.5. The Hall–Kier alpha value is -1.91. The summed E-state index contributed by atoms with van der Waals surface area (Å²) in [5.41, 5.74) is 4.24. The van der Waals surface area contributed by atoms with Crippen molar-refractivity contribution in [3.63, 3.8) is 0 Å². The van der Waals surface area contributed by atoms with Gasteiger partial charge in [0.1, 0.15) is 0 Å². The molecule has 0 amide bonds. The van der Waals surface area contributed by atoms with E-state index in [4.69, 9.17) is 4.74 Å². The summed E-state index contributed by atoms with van der Waals surface area (Å²) in [6.45, 7) is 12.0. The van der Waals surface area contributed by atoms with Gasteiger partial charge >= 0.3 is 0 Å². The number of benzene rings is 1. The first-order valence-corrected chi connectivity index (χ1v) is 9.46. The molecule has 1 aliphatic rings. The van der Waals surface area contributed by atoms with Crippen LogP contribution in [0.1, 0.15) is 41.2 Å². The molecule has 0 bridgehead atoms. The fraction of sp³-hybridized carbons (Fsp3) is 0.500. The number of Topliss-reactive ketones (excluding diaryl/α,β-unsaturated/α-hetero) is 1. The highest BCUT2D eigenvalue weighted by Crippen LogP contribution is 2.20. The molecule has 0 saturated carbocycles. The van der Waals surface area contributed by atoms with Gasteiger partial charge in [0, 0.05) is 36.6 Å². The summed E-state index contributed by atoms with van der Waals surface area (Å²) in [6.07, 6.45) is 0.975. The van der Waals surface area contributed by atoms with E-state index in [1.54, 1.807) is 0 Å². The maximum Gasteiger partial charge on any atom is 0.178 e. The molecule has 1 aromatic carbocycles. The second-order valence-electron chi connectivity index (χ2n) is 7.91. The van der Waals surface area contributed by atoms with Crippen molar-refractivity contribution in [3.05, 3.63) is 58.9 Å². The Morgan fingerprint density at radius 3 is 2.62 bits per heavy atom. The molecular weight excluding hydrogens is 324 g/mol.